The number of nitrogens with one attached hydrogen (secondary N) is 2. The van der Waals surface area contributed by atoms with E-state index in [0.29, 0.717) is 11.4 Å². The molecule has 1 amide bonds. The van der Waals surface area contributed by atoms with Gasteiger partial charge in [0.05, 0.1) is 25.6 Å². The predicted octanol–water partition coefficient (Wildman–Crippen LogP) is 5.59. The average molecular weight is 449 g/mol. The number of nitrogens with zero attached hydrogens (tertiary/aromatic N) is 2. The SMILES string of the molecule is CCCCCCCCOc1ccc(-c2cc(C(=O)NN=Cc3ccc(OC)cc3)[nH]n2)cc1. The number of hydrogen-bond donors (Lipinski definition) is 2. The minimum absolute atomic E-state index is 0.334. The molecule has 0 saturated carbocycles. The zero-order valence-electron chi connectivity index (χ0n) is 19.3. The first-order chi connectivity index (χ1) is 16.2. The van der Waals surface area contributed by atoms with Crippen LogP contribution in [-0.2, 0) is 0 Å². The largest absolute Gasteiger partial charge is 0.497 e. The van der Waals surface area contributed by atoms with Crippen molar-refractivity contribution in [1.82, 2.24) is 15.6 Å². The maximum atomic E-state index is 12.3. The van der Waals surface area contributed by atoms with E-state index in [4.69, 9.17) is 9.47 Å². The van der Waals surface area contributed by atoms with Crippen molar-refractivity contribution < 1.29 is 14.3 Å². The van der Waals surface area contributed by atoms with E-state index in [1.807, 2.05) is 48.5 Å². The normalized spacial score (nSPS) is 11.0. The molecule has 174 valence electrons. The predicted molar refractivity (Wildman–Crippen MR) is 131 cm³/mol. The number of methoxy groups -OCH3 is 1. The van der Waals surface area contributed by atoms with Crippen molar-refractivity contribution in [3.05, 3.63) is 65.9 Å². The Bertz CT molecular complexity index is 1010. The summed E-state index contributed by atoms with van der Waals surface area (Å²) in [7, 11) is 1.61. The Morgan fingerprint density at radius 1 is 1.00 bits per heavy atom. The van der Waals surface area contributed by atoms with Gasteiger partial charge in [-0.25, -0.2) is 5.43 Å². The van der Waals surface area contributed by atoms with Crippen LogP contribution in [0, 0.1) is 0 Å². The van der Waals surface area contributed by atoms with Crippen molar-refractivity contribution in [1.29, 1.82) is 0 Å². The fourth-order valence-corrected chi connectivity index (χ4v) is 3.30. The first-order valence-electron chi connectivity index (χ1n) is 11.5. The summed E-state index contributed by atoms with van der Waals surface area (Å²) >= 11 is 0. The average Bonchev–Trinajstić information content (AvgIpc) is 3.35. The van der Waals surface area contributed by atoms with Crippen molar-refractivity contribution in [2.75, 3.05) is 13.7 Å². The summed E-state index contributed by atoms with van der Waals surface area (Å²) in [6, 6.07) is 16.8. The first-order valence-corrected chi connectivity index (χ1v) is 11.5. The van der Waals surface area contributed by atoms with Gasteiger partial charge in [-0.15, -0.1) is 0 Å². The Labute approximate surface area is 195 Å². The number of carbonyl (C=O) groups is 1. The van der Waals surface area contributed by atoms with Crippen LogP contribution in [0.4, 0.5) is 0 Å². The van der Waals surface area contributed by atoms with Gasteiger partial charge in [0.2, 0.25) is 0 Å². The maximum Gasteiger partial charge on any atom is 0.289 e. The zero-order chi connectivity index (χ0) is 23.3. The molecule has 0 atom stereocenters. The Morgan fingerprint density at radius 2 is 1.70 bits per heavy atom. The molecule has 0 aliphatic rings. The van der Waals surface area contributed by atoms with E-state index in [1.165, 1.54) is 32.1 Å². The first kappa shape index (κ1) is 24.0. The highest BCUT2D eigenvalue weighted by Crippen LogP contribution is 2.21. The number of carbonyl (C=O) groups excluding carboxylic acids is 1. The van der Waals surface area contributed by atoms with E-state index in [0.717, 1.165) is 35.7 Å². The number of ether oxygens (including phenoxy) is 2. The zero-order valence-corrected chi connectivity index (χ0v) is 19.3. The Morgan fingerprint density at radius 3 is 2.42 bits per heavy atom. The molecular formula is C26H32N4O3. The molecule has 0 fully saturated rings. The number of aromatic amines is 1. The minimum Gasteiger partial charge on any atom is -0.497 e. The molecule has 2 aromatic carbocycles. The van der Waals surface area contributed by atoms with Crippen LogP contribution in [0.2, 0.25) is 0 Å². The lowest BCUT2D eigenvalue weighted by Crippen LogP contribution is -2.17. The molecule has 0 unspecified atom stereocenters. The van der Waals surface area contributed by atoms with Crippen molar-refractivity contribution in [2.45, 2.75) is 45.4 Å². The van der Waals surface area contributed by atoms with E-state index in [2.05, 4.69) is 27.6 Å². The summed E-state index contributed by atoms with van der Waals surface area (Å²) in [6.45, 7) is 2.96. The van der Waals surface area contributed by atoms with Gasteiger partial charge in [0.1, 0.15) is 17.2 Å². The lowest BCUT2D eigenvalue weighted by molar-refractivity contribution is 0.0950. The van der Waals surface area contributed by atoms with Crippen LogP contribution in [0.3, 0.4) is 0 Å². The molecule has 0 aliphatic carbocycles. The van der Waals surface area contributed by atoms with Crippen LogP contribution in [0.1, 0.15) is 61.5 Å². The van der Waals surface area contributed by atoms with Gasteiger partial charge in [-0.2, -0.15) is 10.2 Å². The number of hydrazone groups is 1. The van der Waals surface area contributed by atoms with Gasteiger partial charge >= 0.3 is 0 Å². The van der Waals surface area contributed by atoms with Gasteiger partial charge in [-0.05, 0) is 66.6 Å². The standard InChI is InChI=1S/C26H32N4O3/c1-3-4-5-6-7-8-17-33-23-15-11-21(12-16-23)24-18-25(29-28-24)26(31)30-27-19-20-9-13-22(32-2)14-10-20/h9-16,18-19H,3-8,17H2,1-2H3,(H,28,29)(H,30,31). The molecule has 0 saturated heterocycles. The monoisotopic (exact) mass is 448 g/mol. The van der Waals surface area contributed by atoms with Crippen LogP contribution >= 0.6 is 0 Å². The molecule has 3 rings (SSSR count). The summed E-state index contributed by atoms with van der Waals surface area (Å²) in [5, 5.41) is 11.0. The van der Waals surface area contributed by atoms with Gasteiger partial charge in [0.15, 0.2) is 0 Å². The molecule has 0 radical (unpaired) electrons. The Kier molecular flexibility index (Phi) is 9.51. The summed E-state index contributed by atoms with van der Waals surface area (Å²) in [6.07, 6.45) is 9.02. The molecule has 3 aromatic rings. The molecular weight excluding hydrogens is 416 g/mol. The maximum absolute atomic E-state index is 12.3. The molecule has 7 nitrogen and oxygen atoms in total. The van der Waals surface area contributed by atoms with Crippen molar-refractivity contribution in [2.24, 2.45) is 5.10 Å². The summed E-state index contributed by atoms with van der Waals surface area (Å²) in [5.41, 5.74) is 5.27. The van der Waals surface area contributed by atoms with Crippen LogP contribution in [-0.4, -0.2) is 36.0 Å². The van der Waals surface area contributed by atoms with Crippen molar-refractivity contribution in [3.8, 4) is 22.8 Å². The topological polar surface area (TPSA) is 88.6 Å². The van der Waals surface area contributed by atoms with E-state index >= 15 is 0 Å². The number of aromatic nitrogens is 2. The van der Waals surface area contributed by atoms with Gasteiger partial charge in [-0.3, -0.25) is 9.89 Å². The Hall–Kier alpha value is -3.61. The third kappa shape index (κ3) is 7.79. The molecule has 1 heterocycles. The number of hydrogen-bond acceptors (Lipinski definition) is 5. The number of H-pyrrole nitrogens is 1. The highest BCUT2D eigenvalue weighted by molar-refractivity contribution is 5.94. The number of unbranched alkanes of at least 4 members (excludes halogenated alkanes) is 5. The van der Waals surface area contributed by atoms with Crippen LogP contribution in [0.25, 0.3) is 11.3 Å². The van der Waals surface area contributed by atoms with Gasteiger partial charge in [0, 0.05) is 5.56 Å². The number of amides is 1. The second-order valence-corrected chi connectivity index (χ2v) is 7.78. The van der Waals surface area contributed by atoms with Gasteiger partial charge in [0.25, 0.3) is 5.91 Å². The molecule has 2 N–H and O–H groups in total. The van der Waals surface area contributed by atoms with E-state index in [9.17, 15) is 4.79 Å². The van der Waals surface area contributed by atoms with Crippen molar-refractivity contribution in [3.63, 3.8) is 0 Å². The fraction of sp³-hybridized carbons (Fsp3) is 0.346. The van der Waals surface area contributed by atoms with E-state index < -0.39 is 0 Å². The van der Waals surface area contributed by atoms with Crippen LogP contribution in [0.5, 0.6) is 11.5 Å². The highest BCUT2D eigenvalue weighted by Gasteiger charge is 2.10. The second-order valence-electron chi connectivity index (χ2n) is 7.78. The van der Waals surface area contributed by atoms with Crippen molar-refractivity contribution >= 4 is 12.1 Å². The fourth-order valence-electron chi connectivity index (χ4n) is 3.30. The molecule has 7 heteroatoms. The van der Waals surface area contributed by atoms with Gasteiger partial charge in [-0.1, -0.05) is 39.0 Å². The third-order valence-corrected chi connectivity index (χ3v) is 5.23. The second kappa shape index (κ2) is 13.1. The van der Waals surface area contributed by atoms with E-state index in [1.54, 1.807) is 19.4 Å². The van der Waals surface area contributed by atoms with Gasteiger partial charge < -0.3 is 9.47 Å². The summed E-state index contributed by atoms with van der Waals surface area (Å²) < 4.78 is 10.9. The molecule has 33 heavy (non-hydrogen) atoms. The quantitative estimate of drug-likeness (QED) is 0.203. The minimum atomic E-state index is -0.364. The van der Waals surface area contributed by atoms with E-state index in [-0.39, 0.29) is 5.91 Å². The lowest BCUT2D eigenvalue weighted by atomic mass is 10.1. The molecule has 1 aromatic heterocycles. The smallest absolute Gasteiger partial charge is 0.289 e. The van der Waals surface area contributed by atoms with Crippen LogP contribution < -0.4 is 14.9 Å². The summed E-state index contributed by atoms with van der Waals surface area (Å²) in [4.78, 5) is 12.3. The van der Waals surface area contributed by atoms with Crippen LogP contribution in [0.15, 0.2) is 59.7 Å². The third-order valence-electron chi connectivity index (χ3n) is 5.23. The number of rotatable bonds is 13. The Balaban J connectivity index is 1.45. The molecule has 0 spiro atoms. The molecule has 0 aliphatic heterocycles. The lowest BCUT2D eigenvalue weighted by Gasteiger charge is -2.06. The highest BCUT2D eigenvalue weighted by atomic mass is 16.5. The number of benzene rings is 2. The summed E-state index contributed by atoms with van der Waals surface area (Å²) in [5.74, 6) is 1.24. The molecule has 0 bridgehead atoms.